The summed E-state index contributed by atoms with van der Waals surface area (Å²) in [5.74, 6) is 1.01. The van der Waals surface area contributed by atoms with Crippen LogP contribution in [0, 0.1) is 5.92 Å². The van der Waals surface area contributed by atoms with E-state index in [9.17, 15) is 0 Å². The predicted molar refractivity (Wildman–Crippen MR) is 53.2 cm³/mol. The lowest BCUT2D eigenvalue weighted by molar-refractivity contribution is 0.236. The van der Waals surface area contributed by atoms with E-state index in [2.05, 4.69) is 34.8 Å². The third kappa shape index (κ3) is 3.12. The summed E-state index contributed by atoms with van der Waals surface area (Å²) in [5.41, 5.74) is 0. The van der Waals surface area contributed by atoms with Gasteiger partial charge in [0.2, 0.25) is 0 Å². The Hall–Kier alpha value is 0.440. The first-order valence-corrected chi connectivity index (χ1v) is 5.64. The molecule has 1 aliphatic rings. The van der Waals surface area contributed by atoms with Crippen molar-refractivity contribution in [2.45, 2.75) is 32.2 Å². The third-order valence-electron chi connectivity index (χ3n) is 2.64. The molecule has 1 rings (SSSR count). The summed E-state index contributed by atoms with van der Waals surface area (Å²) in [5, 5.41) is 1.13. The molecule has 0 N–H and O–H groups in total. The maximum absolute atomic E-state index is 3.45. The Labute approximate surface area is 78.3 Å². The van der Waals surface area contributed by atoms with Gasteiger partial charge in [0, 0.05) is 11.4 Å². The van der Waals surface area contributed by atoms with Crippen molar-refractivity contribution in [2.24, 2.45) is 5.92 Å². The molecule has 0 aromatic carbocycles. The van der Waals surface area contributed by atoms with Crippen molar-refractivity contribution in [2.75, 3.05) is 18.9 Å². The summed E-state index contributed by atoms with van der Waals surface area (Å²) in [4.78, 5) is 2.49. The van der Waals surface area contributed by atoms with Crippen molar-refractivity contribution in [3.8, 4) is 0 Å². The first-order chi connectivity index (χ1) is 5.25. The molecule has 0 radical (unpaired) electrons. The fourth-order valence-electron chi connectivity index (χ4n) is 1.45. The fraction of sp³-hybridized carbons (Fsp3) is 1.00. The lowest BCUT2D eigenvalue weighted by Gasteiger charge is -2.23. The van der Waals surface area contributed by atoms with Gasteiger partial charge in [0.15, 0.2) is 0 Å². The fourth-order valence-corrected chi connectivity index (χ4v) is 1.70. The van der Waals surface area contributed by atoms with E-state index in [-0.39, 0.29) is 0 Å². The molecule has 1 saturated carbocycles. The highest BCUT2D eigenvalue weighted by atomic mass is 79.9. The van der Waals surface area contributed by atoms with Crippen molar-refractivity contribution in [3.63, 3.8) is 0 Å². The monoisotopic (exact) mass is 219 g/mol. The number of hydrogen-bond donors (Lipinski definition) is 0. The van der Waals surface area contributed by atoms with E-state index >= 15 is 0 Å². The topological polar surface area (TPSA) is 3.24 Å². The quantitative estimate of drug-likeness (QED) is 0.643. The Bertz CT molecular complexity index is 112. The van der Waals surface area contributed by atoms with E-state index in [1.54, 1.807) is 0 Å². The van der Waals surface area contributed by atoms with Crippen LogP contribution in [0.2, 0.25) is 0 Å². The van der Waals surface area contributed by atoms with Crippen molar-refractivity contribution < 1.29 is 0 Å². The van der Waals surface area contributed by atoms with Gasteiger partial charge in [-0.15, -0.1) is 0 Å². The minimum atomic E-state index is 0.814. The number of nitrogens with zero attached hydrogens (tertiary/aromatic N) is 1. The van der Waals surface area contributed by atoms with Crippen molar-refractivity contribution >= 4 is 15.9 Å². The third-order valence-corrected chi connectivity index (χ3v) is 3.20. The summed E-state index contributed by atoms with van der Waals surface area (Å²) in [7, 11) is 2.24. The highest BCUT2D eigenvalue weighted by Gasteiger charge is 2.29. The zero-order chi connectivity index (χ0) is 8.27. The Morgan fingerprint density at radius 3 is 2.64 bits per heavy atom. The second-order valence-electron chi connectivity index (χ2n) is 3.60. The first-order valence-electron chi connectivity index (χ1n) is 4.52. The van der Waals surface area contributed by atoms with Gasteiger partial charge in [-0.2, -0.15) is 0 Å². The average Bonchev–Trinajstić information content (AvgIpc) is 2.81. The van der Waals surface area contributed by atoms with Crippen LogP contribution < -0.4 is 0 Å². The molecule has 1 unspecified atom stereocenters. The summed E-state index contributed by atoms with van der Waals surface area (Å²) < 4.78 is 0. The molecule has 11 heavy (non-hydrogen) atoms. The van der Waals surface area contributed by atoms with Crippen molar-refractivity contribution in [3.05, 3.63) is 0 Å². The second kappa shape index (κ2) is 4.46. The number of hydrogen-bond acceptors (Lipinski definition) is 1. The van der Waals surface area contributed by atoms with Crippen LogP contribution in [-0.2, 0) is 0 Å². The summed E-state index contributed by atoms with van der Waals surface area (Å²) in [6, 6.07) is 0.814. The molecule has 0 bridgehead atoms. The van der Waals surface area contributed by atoms with Crippen molar-refractivity contribution in [1.29, 1.82) is 0 Å². The molecule has 0 aliphatic heterocycles. The number of rotatable bonds is 5. The Balaban J connectivity index is 2.11. The standard InChI is InChI=1S/C9H18BrN/c1-8(9-4-5-9)11(2)7-3-6-10/h8-9H,3-7H2,1-2H3. The number of alkyl halides is 1. The maximum Gasteiger partial charge on any atom is 0.00921 e. The summed E-state index contributed by atoms with van der Waals surface area (Å²) in [6.45, 7) is 3.59. The summed E-state index contributed by atoms with van der Waals surface area (Å²) in [6.07, 6.45) is 4.19. The lowest BCUT2D eigenvalue weighted by Crippen LogP contribution is -2.31. The normalized spacial score (nSPS) is 20.7. The van der Waals surface area contributed by atoms with Crippen LogP contribution >= 0.6 is 15.9 Å². The van der Waals surface area contributed by atoms with Crippen LogP contribution in [0.4, 0.5) is 0 Å². The molecular weight excluding hydrogens is 202 g/mol. The zero-order valence-corrected chi connectivity index (χ0v) is 9.10. The molecule has 0 aromatic rings. The van der Waals surface area contributed by atoms with Crippen LogP contribution in [-0.4, -0.2) is 29.9 Å². The molecule has 0 heterocycles. The van der Waals surface area contributed by atoms with Gasteiger partial charge in [-0.25, -0.2) is 0 Å². The van der Waals surface area contributed by atoms with Crippen LogP contribution in [0.15, 0.2) is 0 Å². The highest BCUT2D eigenvalue weighted by Crippen LogP contribution is 2.34. The van der Waals surface area contributed by atoms with E-state index < -0.39 is 0 Å². The smallest absolute Gasteiger partial charge is 0.00921 e. The van der Waals surface area contributed by atoms with Crippen LogP contribution in [0.5, 0.6) is 0 Å². The molecule has 1 aliphatic carbocycles. The van der Waals surface area contributed by atoms with E-state index in [1.165, 1.54) is 25.8 Å². The van der Waals surface area contributed by atoms with Gasteiger partial charge < -0.3 is 4.90 Å². The van der Waals surface area contributed by atoms with Gasteiger partial charge in [0.25, 0.3) is 0 Å². The van der Waals surface area contributed by atoms with Gasteiger partial charge in [-0.1, -0.05) is 15.9 Å². The largest absolute Gasteiger partial charge is 0.303 e. The minimum Gasteiger partial charge on any atom is -0.303 e. The maximum atomic E-state index is 3.45. The second-order valence-corrected chi connectivity index (χ2v) is 4.39. The van der Waals surface area contributed by atoms with E-state index in [4.69, 9.17) is 0 Å². The molecule has 66 valence electrons. The average molecular weight is 220 g/mol. The molecule has 1 fully saturated rings. The molecule has 1 atom stereocenters. The lowest BCUT2D eigenvalue weighted by atomic mass is 10.2. The van der Waals surface area contributed by atoms with E-state index in [0.29, 0.717) is 0 Å². The molecule has 0 amide bonds. The van der Waals surface area contributed by atoms with Crippen LogP contribution in [0.25, 0.3) is 0 Å². The van der Waals surface area contributed by atoms with E-state index in [1.807, 2.05) is 0 Å². The predicted octanol–water partition coefficient (Wildman–Crippen LogP) is 2.50. The van der Waals surface area contributed by atoms with Crippen LogP contribution in [0.3, 0.4) is 0 Å². The van der Waals surface area contributed by atoms with Gasteiger partial charge >= 0.3 is 0 Å². The Kier molecular flexibility index (Phi) is 3.86. The summed E-state index contributed by atoms with van der Waals surface area (Å²) >= 11 is 3.45. The van der Waals surface area contributed by atoms with Gasteiger partial charge in [-0.3, -0.25) is 0 Å². The Morgan fingerprint density at radius 1 is 1.55 bits per heavy atom. The highest BCUT2D eigenvalue weighted by molar-refractivity contribution is 9.09. The van der Waals surface area contributed by atoms with Crippen molar-refractivity contribution in [1.82, 2.24) is 4.90 Å². The molecule has 2 heteroatoms. The first kappa shape index (κ1) is 9.53. The van der Waals surface area contributed by atoms with Gasteiger partial charge in [-0.05, 0) is 45.7 Å². The zero-order valence-electron chi connectivity index (χ0n) is 7.52. The molecule has 1 nitrogen and oxygen atoms in total. The number of halogens is 1. The SMILES string of the molecule is CC(C1CC1)N(C)CCCBr. The minimum absolute atomic E-state index is 0.814. The molecule has 0 aromatic heterocycles. The molecule has 0 spiro atoms. The van der Waals surface area contributed by atoms with Crippen LogP contribution in [0.1, 0.15) is 26.2 Å². The van der Waals surface area contributed by atoms with E-state index in [0.717, 1.165) is 17.3 Å². The van der Waals surface area contributed by atoms with Gasteiger partial charge in [0.05, 0.1) is 0 Å². The van der Waals surface area contributed by atoms with Gasteiger partial charge in [0.1, 0.15) is 0 Å². The Morgan fingerprint density at radius 2 is 2.18 bits per heavy atom. The molecule has 0 saturated heterocycles. The molecular formula is C9H18BrN.